The first kappa shape index (κ1) is 20.8. The Morgan fingerprint density at radius 3 is 2.71 bits per heavy atom. The number of nitrogens with zero attached hydrogens (tertiary/aromatic N) is 7. The lowest BCUT2D eigenvalue weighted by atomic mass is 9.66. The summed E-state index contributed by atoms with van der Waals surface area (Å²) < 4.78 is 45.7. The van der Waals surface area contributed by atoms with Gasteiger partial charge >= 0.3 is 6.18 Å². The summed E-state index contributed by atoms with van der Waals surface area (Å²) in [6.07, 6.45) is 2.89. The summed E-state index contributed by atoms with van der Waals surface area (Å²) in [5.74, 6) is 1.22. The highest BCUT2D eigenvalue weighted by Crippen LogP contribution is 2.56. The predicted octanol–water partition coefficient (Wildman–Crippen LogP) is 4.20. The van der Waals surface area contributed by atoms with Crippen molar-refractivity contribution in [2.45, 2.75) is 38.5 Å². The van der Waals surface area contributed by atoms with Crippen LogP contribution in [0.4, 0.5) is 24.9 Å². The SMILES string of the molecule is CC1=Cn2cc(-c3ccnc(Nc4ccnn4C)n3)cc2C2NN=C(C3(C(F)(F)F)CCC3)N12. The molecule has 34 heavy (non-hydrogen) atoms. The summed E-state index contributed by atoms with van der Waals surface area (Å²) in [7, 11) is 1.81. The number of hydrogen-bond donors (Lipinski definition) is 2. The molecule has 0 radical (unpaired) electrons. The molecule has 9 nitrogen and oxygen atoms in total. The van der Waals surface area contributed by atoms with E-state index in [1.807, 2.05) is 43.1 Å². The van der Waals surface area contributed by atoms with Gasteiger partial charge in [0.15, 0.2) is 6.17 Å². The number of hydrazone groups is 1. The highest BCUT2D eigenvalue weighted by molar-refractivity contribution is 5.93. The molecule has 3 aromatic rings. The summed E-state index contributed by atoms with van der Waals surface area (Å²) in [6.45, 7) is 1.81. The Balaban J connectivity index is 1.32. The van der Waals surface area contributed by atoms with Crippen LogP contribution in [0, 0.1) is 5.41 Å². The van der Waals surface area contributed by atoms with Crippen LogP contribution in [0.3, 0.4) is 0 Å². The third kappa shape index (κ3) is 2.94. The van der Waals surface area contributed by atoms with Crippen LogP contribution in [0.2, 0.25) is 0 Å². The molecule has 1 saturated carbocycles. The zero-order chi connectivity index (χ0) is 23.7. The number of fused-ring (bicyclic) bond motifs is 3. The van der Waals surface area contributed by atoms with Crippen molar-refractivity contribution in [3.63, 3.8) is 0 Å². The lowest BCUT2D eigenvalue weighted by Crippen LogP contribution is -2.55. The maximum Gasteiger partial charge on any atom is 0.401 e. The van der Waals surface area contributed by atoms with E-state index < -0.39 is 17.8 Å². The van der Waals surface area contributed by atoms with Crippen LogP contribution < -0.4 is 10.7 Å². The minimum Gasteiger partial charge on any atom is -0.321 e. The average molecular weight is 469 g/mol. The molecule has 2 aliphatic heterocycles. The number of allylic oxidation sites excluding steroid dienone is 1. The van der Waals surface area contributed by atoms with Gasteiger partial charge in [-0.15, -0.1) is 0 Å². The molecular weight excluding hydrogens is 447 g/mol. The fourth-order valence-corrected chi connectivity index (χ4v) is 4.85. The van der Waals surface area contributed by atoms with Crippen LogP contribution >= 0.6 is 0 Å². The number of nitrogens with one attached hydrogen (secondary N) is 2. The summed E-state index contributed by atoms with van der Waals surface area (Å²) in [5.41, 5.74) is 4.05. The van der Waals surface area contributed by atoms with Crippen molar-refractivity contribution in [2.24, 2.45) is 17.6 Å². The van der Waals surface area contributed by atoms with Gasteiger partial charge in [-0.1, -0.05) is 6.42 Å². The average Bonchev–Trinajstić information content (AvgIpc) is 3.46. The lowest BCUT2D eigenvalue weighted by Gasteiger charge is -2.46. The zero-order valence-electron chi connectivity index (χ0n) is 18.5. The smallest absolute Gasteiger partial charge is 0.321 e. The van der Waals surface area contributed by atoms with E-state index in [0.717, 1.165) is 17.1 Å². The molecule has 0 bridgehead atoms. The van der Waals surface area contributed by atoms with Gasteiger partial charge in [-0.05, 0) is 31.9 Å². The van der Waals surface area contributed by atoms with Gasteiger partial charge in [0.2, 0.25) is 5.95 Å². The molecule has 1 unspecified atom stereocenters. The highest BCUT2D eigenvalue weighted by atomic mass is 19.4. The topological polar surface area (TPSA) is 88.2 Å². The molecule has 0 spiro atoms. The van der Waals surface area contributed by atoms with Crippen LogP contribution in [0.15, 0.2) is 47.6 Å². The number of amidine groups is 1. The summed E-state index contributed by atoms with van der Waals surface area (Å²) in [5, 5.41) is 11.5. The molecule has 5 heterocycles. The molecule has 1 aliphatic carbocycles. The second kappa shape index (κ2) is 7.08. The van der Waals surface area contributed by atoms with Gasteiger partial charge in [0.1, 0.15) is 17.1 Å². The van der Waals surface area contributed by atoms with E-state index in [1.165, 1.54) is 0 Å². The van der Waals surface area contributed by atoms with E-state index >= 15 is 0 Å². The first-order chi connectivity index (χ1) is 16.3. The van der Waals surface area contributed by atoms with Gasteiger partial charge < -0.3 is 14.8 Å². The minimum absolute atomic E-state index is 0.0590. The van der Waals surface area contributed by atoms with Crippen LogP contribution in [-0.2, 0) is 7.05 Å². The summed E-state index contributed by atoms with van der Waals surface area (Å²) in [6, 6.07) is 5.53. The molecule has 6 rings (SSSR count). The Labute approximate surface area is 193 Å². The number of halogens is 3. The largest absolute Gasteiger partial charge is 0.401 e. The monoisotopic (exact) mass is 469 g/mol. The fourth-order valence-electron chi connectivity index (χ4n) is 4.85. The molecule has 176 valence electrons. The maximum atomic E-state index is 14.0. The molecule has 1 fully saturated rings. The van der Waals surface area contributed by atoms with Gasteiger partial charge in [0.05, 0.1) is 17.6 Å². The summed E-state index contributed by atoms with van der Waals surface area (Å²) >= 11 is 0. The molecule has 12 heteroatoms. The standard InChI is InChI=1S/C22H22F3N9/c1-13-11-33-12-14(15-4-8-26-20(28-15)29-17-5-9-27-32(17)2)10-16(33)18-30-31-19(34(13)18)21(6-3-7-21)22(23,24)25/h4-5,8-12,18,30H,3,6-7H2,1-2H3,(H,26,28,29). The maximum absolute atomic E-state index is 14.0. The summed E-state index contributed by atoms with van der Waals surface area (Å²) in [4.78, 5) is 10.6. The van der Waals surface area contributed by atoms with Crippen LogP contribution in [0.5, 0.6) is 0 Å². The van der Waals surface area contributed by atoms with E-state index in [0.29, 0.717) is 23.8 Å². The van der Waals surface area contributed by atoms with Crippen LogP contribution in [0.1, 0.15) is 38.0 Å². The normalized spacial score (nSPS) is 20.6. The Hall–Kier alpha value is -3.83. The van der Waals surface area contributed by atoms with E-state index in [-0.39, 0.29) is 18.7 Å². The predicted molar refractivity (Wildman–Crippen MR) is 119 cm³/mol. The second-order valence-corrected chi connectivity index (χ2v) is 8.83. The van der Waals surface area contributed by atoms with Crippen molar-refractivity contribution in [2.75, 3.05) is 5.32 Å². The highest BCUT2D eigenvalue weighted by Gasteiger charge is 2.64. The number of anilines is 2. The van der Waals surface area contributed by atoms with E-state index in [9.17, 15) is 13.2 Å². The zero-order valence-corrected chi connectivity index (χ0v) is 18.5. The van der Waals surface area contributed by atoms with Gasteiger partial charge in [0.25, 0.3) is 0 Å². The van der Waals surface area contributed by atoms with Crippen molar-refractivity contribution in [1.82, 2.24) is 34.6 Å². The molecule has 1 atom stereocenters. The Morgan fingerprint density at radius 2 is 2.03 bits per heavy atom. The minimum atomic E-state index is -4.34. The number of aromatic nitrogens is 5. The molecule has 3 aromatic heterocycles. The van der Waals surface area contributed by atoms with Crippen molar-refractivity contribution < 1.29 is 13.2 Å². The number of hydrogen-bond acceptors (Lipinski definition) is 7. The quantitative estimate of drug-likeness (QED) is 0.596. The molecule has 3 aliphatic rings. The van der Waals surface area contributed by atoms with E-state index in [2.05, 4.69) is 30.9 Å². The Morgan fingerprint density at radius 1 is 1.21 bits per heavy atom. The lowest BCUT2D eigenvalue weighted by molar-refractivity contribution is -0.223. The van der Waals surface area contributed by atoms with Crippen molar-refractivity contribution in [3.05, 3.63) is 48.2 Å². The molecule has 0 amide bonds. The van der Waals surface area contributed by atoms with Crippen molar-refractivity contribution in [3.8, 4) is 11.3 Å². The van der Waals surface area contributed by atoms with E-state index in [1.54, 1.807) is 28.0 Å². The second-order valence-electron chi connectivity index (χ2n) is 8.83. The molecule has 0 saturated heterocycles. The van der Waals surface area contributed by atoms with Crippen LogP contribution in [-0.4, -0.2) is 41.2 Å². The van der Waals surface area contributed by atoms with Crippen molar-refractivity contribution >= 4 is 23.8 Å². The van der Waals surface area contributed by atoms with Crippen LogP contribution in [0.25, 0.3) is 17.5 Å². The molecular formula is C22H22F3N9. The van der Waals surface area contributed by atoms with Gasteiger partial charge in [-0.3, -0.25) is 10.1 Å². The number of alkyl halides is 3. The molecule has 2 N–H and O–H groups in total. The van der Waals surface area contributed by atoms with Gasteiger partial charge in [0, 0.05) is 43.0 Å². The first-order valence-corrected chi connectivity index (χ1v) is 11.0. The third-order valence-electron chi connectivity index (χ3n) is 6.83. The van der Waals surface area contributed by atoms with Crippen molar-refractivity contribution in [1.29, 1.82) is 0 Å². The first-order valence-electron chi connectivity index (χ1n) is 11.0. The van der Waals surface area contributed by atoms with Gasteiger partial charge in [-0.2, -0.15) is 23.4 Å². The van der Waals surface area contributed by atoms with E-state index in [4.69, 9.17) is 0 Å². The Kier molecular flexibility index (Phi) is 4.32. The molecule has 0 aromatic carbocycles. The Bertz CT molecular complexity index is 1330. The number of aryl methyl sites for hydroxylation is 1. The fraction of sp³-hybridized carbons (Fsp3) is 0.364. The number of rotatable bonds is 4. The third-order valence-corrected chi connectivity index (χ3v) is 6.83. The van der Waals surface area contributed by atoms with Gasteiger partial charge in [-0.25, -0.2) is 9.97 Å².